The number of nitrogens with zero attached hydrogens (tertiary/aromatic N) is 1. The molecule has 0 atom stereocenters. The van der Waals surface area contributed by atoms with Gasteiger partial charge >= 0.3 is 0 Å². The molecular weight excluding hydrogens is 376 g/mol. The maximum atomic E-state index is 12.6. The summed E-state index contributed by atoms with van der Waals surface area (Å²) in [5, 5.41) is 0.575. The van der Waals surface area contributed by atoms with Crippen LogP contribution in [0.2, 0.25) is 5.02 Å². The van der Waals surface area contributed by atoms with Gasteiger partial charge in [0.2, 0.25) is 10.0 Å². The van der Waals surface area contributed by atoms with E-state index in [1.54, 1.807) is 25.2 Å². The monoisotopic (exact) mass is 396 g/mol. The summed E-state index contributed by atoms with van der Waals surface area (Å²) in [5.74, 6) is -0.293. The van der Waals surface area contributed by atoms with Gasteiger partial charge in [0.1, 0.15) is 0 Å². The summed E-state index contributed by atoms with van der Waals surface area (Å²) in [6.07, 6.45) is 0. The van der Waals surface area contributed by atoms with Crippen LogP contribution in [0, 0.1) is 0 Å². The Balaban J connectivity index is 2.16. The van der Waals surface area contributed by atoms with E-state index in [1.165, 1.54) is 24.1 Å². The van der Waals surface area contributed by atoms with Gasteiger partial charge in [0.05, 0.1) is 11.5 Å². The van der Waals surface area contributed by atoms with Crippen LogP contribution in [-0.4, -0.2) is 46.5 Å². The van der Waals surface area contributed by atoms with Crippen molar-refractivity contribution in [3.8, 4) is 0 Å². The molecule has 2 aromatic rings. The summed E-state index contributed by atoms with van der Waals surface area (Å²) in [5.41, 5.74) is 1.10. The lowest BCUT2D eigenvalue weighted by Gasteiger charge is -2.18. The maximum Gasteiger partial charge on any atom is 0.253 e. The van der Waals surface area contributed by atoms with Crippen molar-refractivity contribution in [3.63, 3.8) is 0 Å². The van der Waals surface area contributed by atoms with Gasteiger partial charge in [0, 0.05) is 37.8 Å². The molecule has 1 N–H and O–H groups in total. The van der Waals surface area contributed by atoms with Crippen molar-refractivity contribution < 1.29 is 17.9 Å². The van der Waals surface area contributed by atoms with Gasteiger partial charge in [0.25, 0.3) is 5.91 Å². The minimum absolute atomic E-state index is 0.0330. The Labute approximate surface area is 158 Å². The Bertz CT molecular complexity index is 871. The summed E-state index contributed by atoms with van der Waals surface area (Å²) in [7, 11) is -0.571. The van der Waals surface area contributed by atoms with E-state index < -0.39 is 10.0 Å². The molecule has 0 bridgehead atoms. The first-order chi connectivity index (χ1) is 12.3. The first kappa shape index (κ1) is 20.4. The molecule has 0 saturated heterocycles. The fraction of sp³-hybridized carbons (Fsp3) is 0.278. The first-order valence-corrected chi connectivity index (χ1v) is 9.79. The lowest BCUT2D eigenvalue weighted by Crippen LogP contribution is -2.28. The molecule has 6 nitrogen and oxygen atoms in total. The van der Waals surface area contributed by atoms with E-state index in [1.807, 2.05) is 18.2 Å². The Hall–Kier alpha value is -1.93. The number of methoxy groups -OCH3 is 1. The fourth-order valence-corrected chi connectivity index (χ4v) is 3.59. The van der Waals surface area contributed by atoms with Gasteiger partial charge in [-0.3, -0.25) is 4.79 Å². The molecule has 1 amide bonds. The number of halogens is 1. The van der Waals surface area contributed by atoms with Gasteiger partial charge in [-0.25, -0.2) is 13.1 Å². The van der Waals surface area contributed by atoms with Crippen LogP contribution in [0.3, 0.4) is 0 Å². The number of rotatable bonds is 8. The second-order valence-corrected chi connectivity index (χ2v) is 7.85. The fourth-order valence-electron chi connectivity index (χ4n) is 2.33. The second kappa shape index (κ2) is 9.14. The van der Waals surface area contributed by atoms with E-state index >= 15 is 0 Å². The Kier molecular flexibility index (Phi) is 7.16. The maximum absolute atomic E-state index is 12.6. The number of ether oxygens (including phenoxy) is 1. The molecule has 140 valence electrons. The minimum atomic E-state index is -3.70. The predicted molar refractivity (Wildman–Crippen MR) is 101 cm³/mol. The van der Waals surface area contributed by atoms with Crippen LogP contribution in [0.1, 0.15) is 15.9 Å². The van der Waals surface area contributed by atoms with Crippen LogP contribution in [-0.2, 0) is 21.3 Å². The second-order valence-electron chi connectivity index (χ2n) is 5.67. The lowest BCUT2D eigenvalue weighted by atomic mass is 10.1. The van der Waals surface area contributed by atoms with Gasteiger partial charge < -0.3 is 9.64 Å². The van der Waals surface area contributed by atoms with E-state index in [0.717, 1.165) is 5.56 Å². The highest BCUT2D eigenvalue weighted by molar-refractivity contribution is 7.89. The van der Waals surface area contributed by atoms with Crippen LogP contribution in [0.5, 0.6) is 0 Å². The van der Waals surface area contributed by atoms with Gasteiger partial charge in [-0.15, -0.1) is 0 Å². The largest absolute Gasteiger partial charge is 0.383 e. The van der Waals surface area contributed by atoms with Crippen LogP contribution in [0.15, 0.2) is 53.4 Å². The molecule has 0 aromatic heterocycles. The van der Waals surface area contributed by atoms with Crippen molar-refractivity contribution in [1.29, 1.82) is 0 Å². The zero-order valence-corrected chi connectivity index (χ0v) is 16.2. The van der Waals surface area contributed by atoms with Crippen molar-refractivity contribution in [2.24, 2.45) is 0 Å². The quantitative estimate of drug-likeness (QED) is 0.696. The van der Waals surface area contributed by atoms with Crippen LogP contribution in [0.25, 0.3) is 0 Å². The van der Waals surface area contributed by atoms with E-state index in [-0.39, 0.29) is 29.5 Å². The molecule has 0 radical (unpaired) electrons. The highest BCUT2D eigenvalue weighted by Crippen LogP contribution is 2.18. The third kappa shape index (κ3) is 5.28. The molecule has 0 saturated carbocycles. The van der Waals surface area contributed by atoms with Crippen molar-refractivity contribution in [3.05, 3.63) is 64.7 Å². The molecule has 0 unspecified atom stereocenters. The van der Waals surface area contributed by atoms with Crippen LogP contribution in [0.4, 0.5) is 0 Å². The SMILES string of the molecule is COCCNS(=O)(=O)c1cccc(C(=O)N(C)Cc2ccccc2Cl)c1. The van der Waals surface area contributed by atoms with Crippen molar-refractivity contribution >= 4 is 27.5 Å². The number of amides is 1. The molecular formula is C18H21ClN2O4S. The van der Waals surface area contributed by atoms with E-state index in [9.17, 15) is 13.2 Å². The molecule has 0 aliphatic heterocycles. The van der Waals surface area contributed by atoms with Gasteiger partial charge in [0.15, 0.2) is 0 Å². The van der Waals surface area contributed by atoms with Crippen molar-refractivity contribution in [2.75, 3.05) is 27.3 Å². The lowest BCUT2D eigenvalue weighted by molar-refractivity contribution is 0.0785. The summed E-state index contributed by atoms with van der Waals surface area (Å²) in [6, 6.07) is 13.2. The van der Waals surface area contributed by atoms with Crippen LogP contribution >= 0.6 is 11.6 Å². The molecule has 2 rings (SSSR count). The smallest absolute Gasteiger partial charge is 0.253 e. The Morgan fingerprint density at radius 3 is 2.62 bits per heavy atom. The number of hydrogen-bond donors (Lipinski definition) is 1. The van der Waals surface area contributed by atoms with Crippen molar-refractivity contribution in [2.45, 2.75) is 11.4 Å². The number of benzene rings is 2. The van der Waals surface area contributed by atoms with Crippen LogP contribution < -0.4 is 4.72 Å². The molecule has 0 heterocycles. The average Bonchev–Trinajstić information content (AvgIpc) is 2.63. The van der Waals surface area contributed by atoms with E-state index in [0.29, 0.717) is 11.6 Å². The topological polar surface area (TPSA) is 75.7 Å². The minimum Gasteiger partial charge on any atom is -0.383 e. The summed E-state index contributed by atoms with van der Waals surface area (Å²) >= 11 is 6.13. The predicted octanol–water partition coefficient (Wildman–Crippen LogP) is 2.54. The third-order valence-electron chi connectivity index (χ3n) is 3.70. The summed E-state index contributed by atoms with van der Waals surface area (Å²) < 4.78 is 31.8. The Morgan fingerprint density at radius 1 is 1.19 bits per heavy atom. The first-order valence-electron chi connectivity index (χ1n) is 7.92. The molecule has 0 aliphatic rings. The molecule has 26 heavy (non-hydrogen) atoms. The molecule has 0 aliphatic carbocycles. The van der Waals surface area contributed by atoms with Gasteiger partial charge in [-0.1, -0.05) is 35.9 Å². The molecule has 8 heteroatoms. The van der Waals surface area contributed by atoms with E-state index in [2.05, 4.69) is 4.72 Å². The normalized spacial score (nSPS) is 11.3. The third-order valence-corrected chi connectivity index (χ3v) is 5.53. The van der Waals surface area contributed by atoms with Gasteiger partial charge in [-0.2, -0.15) is 0 Å². The number of nitrogens with one attached hydrogen (secondary N) is 1. The molecule has 0 fully saturated rings. The number of hydrogen-bond acceptors (Lipinski definition) is 4. The Morgan fingerprint density at radius 2 is 1.92 bits per heavy atom. The standard InChI is InChI=1S/C18H21ClN2O4S/c1-21(13-15-6-3-4-9-17(15)19)18(22)14-7-5-8-16(12-14)26(23,24)20-10-11-25-2/h3-9,12,20H,10-11,13H2,1-2H3. The zero-order valence-electron chi connectivity index (χ0n) is 14.6. The molecule has 2 aromatic carbocycles. The zero-order chi connectivity index (χ0) is 19.2. The average molecular weight is 397 g/mol. The number of carbonyl (C=O) groups is 1. The highest BCUT2D eigenvalue weighted by atomic mass is 35.5. The number of sulfonamides is 1. The van der Waals surface area contributed by atoms with E-state index in [4.69, 9.17) is 16.3 Å². The highest BCUT2D eigenvalue weighted by Gasteiger charge is 2.18. The number of carbonyl (C=O) groups excluding carboxylic acids is 1. The molecule has 0 spiro atoms. The summed E-state index contributed by atoms with van der Waals surface area (Å²) in [6.45, 7) is 0.739. The summed E-state index contributed by atoms with van der Waals surface area (Å²) in [4.78, 5) is 14.2. The van der Waals surface area contributed by atoms with Crippen molar-refractivity contribution in [1.82, 2.24) is 9.62 Å². The van der Waals surface area contributed by atoms with Gasteiger partial charge in [-0.05, 0) is 29.8 Å².